The lowest BCUT2D eigenvalue weighted by Crippen LogP contribution is -2.44. The number of nitrogens with one attached hydrogen (secondary N) is 2. The van der Waals surface area contributed by atoms with E-state index in [0.29, 0.717) is 32.2 Å². The van der Waals surface area contributed by atoms with E-state index in [-0.39, 0.29) is 53.0 Å². The number of carbonyl (C=O) groups excluding carboxylic acids is 3. The van der Waals surface area contributed by atoms with Gasteiger partial charge in [-0.25, -0.2) is 9.59 Å². The summed E-state index contributed by atoms with van der Waals surface area (Å²) in [4.78, 5) is 54.6. The van der Waals surface area contributed by atoms with Crippen LogP contribution in [0.4, 0.5) is 38.1 Å². The summed E-state index contributed by atoms with van der Waals surface area (Å²) in [5.41, 5.74) is 1.56. The molecule has 0 aromatic heterocycles. The summed E-state index contributed by atoms with van der Waals surface area (Å²) in [6, 6.07) is 16.1. The van der Waals surface area contributed by atoms with Gasteiger partial charge in [0.2, 0.25) is 5.91 Å². The fourth-order valence-electron chi connectivity index (χ4n) is 6.97. The number of carbonyl (C=O) groups is 4. The van der Waals surface area contributed by atoms with Crippen molar-refractivity contribution >= 4 is 40.8 Å². The average Bonchev–Trinajstić information content (AvgIpc) is 3.54. The quantitative estimate of drug-likeness (QED) is 0.157. The van der Waals surface area contributed by atoms with Gasteiger partial charge in [-0.3, -0.25) is 14.6 Å². The smallest absolute Gasteiger partial charge is 0.459 e. The lowest BCUT2D eigenvalue weighted by molar-refractivity contribution is -0.249. The Morgan fingerprint density at radius 3 is 2.18 bits per heavy atom. The molecule has 1 heterocycles. The molecule has 1 fully saturated rings. The number of alkyl carbamates (subject to hydrolysis) is 1. The van der Waals surface area contributed by atoms with Crippen molar-refractivity contribution < 1.29 is 51.0 Å². The SMILES string of the molecule is Cc1cc(C(=O)O)ccc1-c1ccc(C[C@H](CC(=O)C2CCC(CNC(=O)OC(C)(C)C)CC2)C(=O)Nc2ccc3c(c2)N=C(C(F)(F)C(F)(F)F)C3)cc1. The molecule has 0 radical (unpaired) electrons. The molecule has 1 saturated carbocycles. The number of aromatic carboxylic acids is 1. The number of rotatable bonds is 12. The van der Waals surface area contributed by atoms with Gasteiger partial charge in [-0.2, -0.15) is 22.0 Å². The number of aryl methyl sites for hydroxylation is 1. The number of carboxylic acid groups (broad SMARTS) is 1. The Balaban J connectivity index is 1.30. The molecule has 3 aromatic carbocycles. The summed E-state index contributed by atoms with van der Waals surface area (Å²) >= 11 is 0. The number of hydrogen-bond donors (Lipinski definition) is 3. The second-order valence-electron chi connectivity index (χ2n) is 15.3. The molecule has 5 rings (SSSR count). The maximum absolute atomic E-state index is 14.0. The fourth-order valence-corrected chi connectivity index (χ4v) is 6.97. The molecule has 0 unspecified atom stereocenters. The second kappa shape index (κ2) is 16.3. The minimum atomic E-state index is -5.80. The molecule has 0 saturated heterocycles. The van der Waals surface area contributed by atoms with Gasteiger partial charge in [0.05, 0.1) is 11.3 Å². The van der Waals surface area contributed by atoms with Crippen LogP contribution in [0.3, 0.4) is 0 Å². The maximum Gasteiger partial charge on any atom is 0.459 e. The molecule has 1 aliphatic heterocycles. The highest BCUT2D eigenvalue weighted by Crippen LogP contribution is 2.42. The molecular formula is C41H44F5N3O6. The van der Waals surface area contributed by atoms with Gasteiger partial charge in [0, 0.05) is 36.9 Å². The third-order valence-corrected chi connectivity index (χ3v) is 9.96. The van der Waals surface area contributed by atoms with Crippen molar-refractivity contribution in [3.63, 3.8) is 0 Å². The van der Waals surface area contributed by atoms with E-state index in [0.717, 1.165) is 22.3 Å². The van der Waals surface area contributed by atoms with Crippen LogP contribution >= 0.6 is 0 Å². The number of benzene rings is 3. The highest BCUT2D eigenvalue weighted by Gasteiger charge is 2.61. The highest BCUT2D eigenvalue weighted by molar-refractivity contribution is 6.01. The number of ether oxygens (including phenoxy) is 1. The van der Waals surface area contributed by atoms with Crippen LogP contribution in [-0.2, 0) is 27.2 Å². The van der Waals surface area contributed by atoms with Gasteiger partial charge >= 0.3 is 24.2 Å². The molecule has 1 aliphatic carbocycles. The van der Waals surface area contributed by atoms with E-state index in [1.165, 1.54) is 24.3 Å². The van der Waals surface area contributed by atoms with Crippen LogP contribution in [0.15, 0.2) is 65.7 Å². The number of anilines is 1. The minimum Gasteiger partial charge on any atom is -0.478 e. The van der Waals surface area contributed by atoms with Crippen molar-refractivity contribution in [1.82, 2.24) is 5.32 Å². The largest absolute Gasteiger partial charge is 0.478 e. The first-order chi connectivity index (χ1) is 25.7. The normalized spacial score (nSPS) is 17.8. The number of aliphatic imine (C=N–C) groups is 1. The zero-order valence-corrected chi connectivity index (χ0v) is 31.0. The predicted molar refractivity (Wildman–Crippen MR) is 197 cm³/mol. The number of nitrogens with zero attached hydrogens (tertiary/aromatic N) is 1. The fraction of sp³-hybridized carbons (Fsp3) is 0.439. The van der Waals surface area contributed by atoms with Crippen molar-refractivity contribution in [3.8, 4) is 11.1 Å². The Morgan fingerprint density at radius 1 is 0.909 bits per heavy atom. The van der Waals surface area contributed by atoms with E-state index in [1.54, 1.807) is 39.8 Å². The van der Waals surface area contributed by atoms with Crippen molar-refractivity contribution in [2.75, 3.05) is 11.9 Å². The monoisotopic (exact) mass is 769 g/mol. The molecule has 3 aromatic rings. The number of fused-ring (bicyclic) bond motifs is 1. The van der Waals surface area contributed by atoms with Crippen molar-refractivity contribution in [1.29, 1.82) is 0 Å². The summed E-state index contributed by atoms with van der Waals surface area (Å²) in [6.45, 7) is 7.55. The minimum absolute atomic E-state index is 0.0953. The first-order valence-corrected chi connectivity index (χ1v) is 18.1. The Bertz CT molecular complexity index is 1960. The molecule has 0 bridgehead atoms. The van der Waals surface area contributed by atoms with E-state index in [2.05, 4.69) is 15.6 Å². The average molecular weight is 770 g/mol. The number of hydrogen-bond acceptors (Lipinski definition) is 6. The van der Waals surface area contributed by atoms with Crippen molar-refractivity contribution in [3.05, 3.63) is 82.9 Å². The van der Waals surface area contributed by atoms with Crippen LogP contribution < -0.4 is 10.6 Å². The van der Waals surface area contributed by atoms with Gasteiger partial charge < -0.3 is 20.5 Å². The first-order valence-electron chi connectivity index (χ1n) is 18.1. The summed E-state index contributed by atoms with van der Waals surface area (Å²) < 4.78 is 72.4. The maximum atomic E-state index is 14.0. The van der Waals surface area contributed by atoms with Gasteiger partial charge in [0.25, 0.3) is 0 Å². The highest BCUT2D eigenvalue weighted by atomic mass is 19.4. The Morgan fingerprint density at radius 2 is 1.58 bits per heavy atom. The van der Waals surface area contributed by atoms with Crippen LogP contribution in [0.5, 0.6) is 0 Å². The number of alkyl halides is 5. The third-order valence-electron chi connectivity index (χ3n) is 9.96. The standard InChI is InChI=1S/C41H44F5N3O6/c1-23-17-29(37(52)53)14-16-32(23)26-9-5-24(6-10-26)18-30(19-34(50)27-11-7-25(8-12-27)22-47-38(54)55-39(2,3)4)36(51)48-31-15-13-28-20-35(49-33(28)21-31)40(42,43)41(44,45)46/h5-6,9-10,13-17,21,25,27,30H,7-8,11-12,18-20,22H2,1-4H3,(H,47,54)(H,48,51)(H,52,53)/t25?,27?,30-/m1/s1. The molecule has 294 valence electrons. The summed E-state index contributed by atoms with van der Waals surface area (Å²) in [6.07, 6.45) is -4.38. The van der Waals surface area contributed by atoms with Gasteiger partial charge in [0.1, 0.15) is 17.1 Å². The number of ketones is 1. The summed E-state index contributed by atoms with van der Waals surface area (Å²) in [5, 5.41) is 14.8. The van der Waals surface area contributed by atoms with Crippen molar-refractivity contribution in [2.24, 2.45) is 22.7 Å². The molecule has 0 spiro atoms. The van der Waals surface area contributed by atoms with Crippen LogP contribution in [0, 0.1) is 24.7 Å². The van der Waals surface area contributed by atoms with Crippen LogP contribution in [0.2, 0.25) is 0 Å². The van der Waals surface area contributed by atoms with Gasteiger partial charge in [-0.15, -0.1) is 0 Å². The Hall–Kier alpha value is -5.14. The van der Waals surface area contributed by atoms with E-state index in [4.69, 9.17) is 4.74 Å². The van der Waals surface area contributed by atoms with Crippen LogP contribution in [0.25, 0.3) is 11.1 Å². The number of Topliss-reactive ketones (excluding diaryl/α,β-unsaturated/α-hetero) is 1. The van der Waals surface area contributed by atoms with E-state index >= 15 is 0 Å². The lowest BCUT2D eigenvalue weighted by atomic mass is 9.77. The lowest BCUT2D eigenvalue weighted by Gasteiger charge is -2.29. The Kier molecular flexibility index (Phi) is 12.2. The second-order valence-corrected chi connectivity index (χ2v) is 15.3. The van der Waals surface area contributed by atoms with Gasteiger partial charge in [0.15, 0.2) is 0 Å². The zero-order valence-electron chi connectivity index (χ0n) is 31.0. The topological polar surface area (TPSA) is 134 Å². The summed E-state index contributed by atoms with van der Waals surface area (Å²) in [5.74, 6) is -7.76. The van der Waals surface area contributed by atoms with Gasteiger partial charge in [-0.1, -0.05) is 36.4 Å². The number of carboxylic acids is 1. The van der Waals surface area contributed by atoms with E-state index < -0.39 is 53.7 Å². The first kappa shape index (κ1) is 41.0. The molecule has 1 atom stereocenters. The third kappa shape index (κ3) is 10.3. The zero-order chi connectivity index (χ0) is 40.3. The predicted octanol–water partition coefficient (Wildman–Crippen LogP) is 9.27. The van der Waals surface area contributed by atoms with E-state index in [1.807, 2.05) is 24.3 Å². The number of amides is 2. The molecule has 55 heavy (non-hydrogen) atoms. The van der Waals surface area contributed by atoms with Crippen LogP contribution in [0.1, 0.15) is 79.9 Å². The number of halogens is 5. The Labute approximate surface area is 315 Å². The summed E-state index contributed by atoms with van der Waals surface area (Å²) in [7, 11) is 0. The van der Waals surface area contributed by atoms with E-state index in [9.17, 15) is 46.2 Å². The van der Waals surface area contributed by atoms with Crippen molar-refractivity contribution in [2.45, 2.75) is 90.3 Å². The molecule has 2 aliphatic rings. The van der Waals surface area contributed by atoms with Gasteiger partial charge in [-0.05, 0) is 118 Å². The molecule has 2 amide bonds. The molecule has 9 nitrogen and oxygen atoms in total. The van der Waals surface area contributed by atoms with Crippen LogP contribution in [-0.4, -0.2) is 58.8 Å². The molecule has 14 heteroatoms. The molecular weight excluding hydrogens is 725 g/mol. The molecule has 3 N–H and O–H groups in total.